The molecule has 0 spiro atoms. The summed E-state index contributed by atoms with van der Waals surface area (Å²) in [5.41, 5.74) is 13.1. The molecule has 0 radical (unpaired) electrons. The average Bonchev–Trinajstić information content (AvgIpc) is 2.58. The summed E-state index contributed by atoms with van der Waals surface area (Å²) in [5, 5.41) is 0. The zero-order valence-electron chi connectivity index (χ0n) is 46.5. The van der Waals surface area contributed by atoms with Crippen LogP contribution in [0.25, 0.3) is 0 Å². The summed E-state index contributed by atoms with van der Waals surface area (Å²) in [6.45, 7) is 0.422. The number of allylic oxidation sites excluding steroid dienone is 20. The monoisotopic (exact) mass is 1050 g/mol. The van der Waals surface area contributed by atoms with Gasteiger partial charge in [-0.15, -0.1) is 0 Å². The van der Waals surface area contributed by atoms with Crippen LogP contribution in [-0.4, -0.2) is 82.7 Å². The number of anilines is 3. The first-order valence-electron chi connectivity index (χ1n) is 31.3. The van der Waals surface area contributed by atoms with E-state index in [9.17, 15) is 0 Å². The lowest BCUT2D eigenvalue weighted by Gasteiger charge is -2.61. The van der Waals surface area contributed by atoms with Crippen LogP contribution in [0.4, 0.5) is 17.3 Å². The molecule has 0 saturated carbocycles. The van der Waals surface area contributed by atoms with Crippen molar-refractivity contribution in [3.8, 4) is 0 Å². The fraction of sp³-hybridized carbons (Fsp3) is 0.394. The largest absolute Gasteiger partial charge is 0.371 e. The molecule has 0 bridgehead atoms. The summed E-state index contributed by atoms with van der Waals surface area (Å²) >= 11 is 0. The molecule has 7 nitrogen and oxygen atoms in total. The molecule has 9 heteroatoms. The van der Waals surface area contributed by atoms with Crippen molar-refractivity contribution in [1.29, 1.82) is 0 Å². The van der Waals surface area contributed by atoms with Crippen LogP contribution < -0.4 is 25.6 Å². The third-order valence-corrected chi connectivity index (χ3v) is 20.9. The van der Waals surface area contributed by atoms with Crippen molar-refractivity contribution in [2.45, 2.75) is 175 Å². The van der Waals surface area contributed by atoms with Crippen molar-refractivity contribution in [2.75, 3.05) is 14.7 Å². The Morgan fingerprint density at radius 1 is 0.600 bits per heavy atom. The van der Waals surface area contributed by atoms with Crippen molar-refractivity contribution in [1.82, 2.24) is 14.8 Å². The minimum atomic E-state index is -0.00776. The Labute approximate surface area is 476 Å². The highest BCUT2D eigenvalue weighted by Crippen LogP contribution is 2.57. The van der Waals surface area contributed by atoms with E-state index < -0.39 is 0 Å². The number of hydrogen-bond acceptors (Lipinski definition) is 7. The van der Waals surface area contributed by atoms with Crippen LogP contribution >= 0.6 is 0 Å². The zero-order chi connectivity index (χ0) is 52.7. The van der Waals surface area contributed by atoms with E-state index in [0.29, 0.717) is 17.9 Å². The minimum Gasteiger partial charge on any atom is -0.371 e. The number of rotatable bonds is 9. The van der Waals surface area contributed by atoms with Gasteiger partial charge in [-0.05, 0) is 155 Å². The molecule has 80 heavy (non-hydrogen) atoms. The number of aromatic nitrogens is 1. The summed E-state index contributed by atoms with van der Waals surface area (Å²) < 4.78 is 7.60. The first kappa shape index (κ1) is 49.1. The van der Waals surface area contributed by atoms with Crippen molar-refractivity contribution in [3.63, 3.8) is 0 Å². The van der Waals surface area contributed by atoms with Crippen LogP contribution in [0.15, 0.2) is 228 Å². The SMILES string of the molecule is C1=CCCC(N(C2=CC3C4B(C5=C(CCC=C5)N3C3C=CCCC3)c3cc5c(nc3N(C3C=CC=CC3)C4C2)N(C2C=CC=CC2)C2=CC(N(C3=CC=CCC3)c3ccccc3)CC3OC4C=CC=CC4B5C23)C2C=CCCC2)=C1. The van der Waals surface area contributed by atoms with Crippen LogP contribution in [0.1, 0.15) is 103 Å². The Morgan fingerprint density at radius 2 is 1.36 bits per heavy atom. The van der Waals surface area contributed by atoms with E-state index in [2.05, 4.69) is 219 Å². The molecule has 10 aliphatic carbocycles. The van der Waals surface area contributed by atoms with Crippen LogP contribution in [0, 0.1) is 0 Å². The topological polar surface area (TPSA) is 38.3 Å². The highest BCUT2D eigenvalue weighted by Gasteiger charge is 2.61. The van der Waals surface area contributed by atoms with E-state index in [1.807, 2.05) is 0 Å². The van der Waals surface area contributed by atoms with Gasteiger partial charge in [-0.3, -0.25) is 0 Å². The van der Waals surface area contributed by atoms with Crippen molar-refractivity contribution >= 4 is 41.7 Å². The highest BCUT2D eigenvalue weighted by molar-refractivity contribution is 6.85. The third-order valence-electron chi connectivity index (χ3n) is 20.9. The molecule has 4 aliphatic heterocycles. The molecule has 1 aromatic carbocycles. The van der Waals surface area contributed by atoms with E-state index in [-0.39, 0.29) is 67.5 Å². The zero-order valence-corrected chi connectivity index (χ0v) is 46.5. The van der Waals surface area contributed by atoms with Gasteiger partial charge in [-0.1, -0.05) is 163 Å². The van der Waals surface area contributed by atoms with Gasteiger partial charge >= 0.3 is 0 Å². The summed E-state index contributed by atoms with van der Waals surface area (Å²) in [6, 6.07) is 15.6. The summed E-state index contributed by atoms with van der Waals surface area (Å²) in [4.78, 5) is 20.8. The third kappa shape index (κ3) is 8.20. The average molecular weight is 1050 g/mol. The van der Waals surface area contributed by atoms with Crippen LogP contribution in [0.2, 0.25) is 17.5 Å². The van der Waals surface area contributed by atoms with Gasteiger partial charge in [0.25, 0.3) is 0 Å². The van der Waals surface area contributed by atoms with Crippen molar-refractivity contribution in [2.24, 2.45) is 0 Å². The number of ether oxygens (including phenoxy) is 1. The Balaban J connectivity index is 0.940. The van der Waals surface area contributed by atoms with E-state index in [1.165, 1.54) is 89.6 Å². The smallest absolute Gasteiger partial charge is 0.223 e. The number of nitrogens with zero attached hydrogens (tertiary/aromatic N) is 6. The molecule has 1 aromatic heterocycles. The molecule has 14 aliphatic rings. The predicted molar refractivity (Wildman–Crippen MR) is 333 cm³/mol. The normalized spacial score (nSPS) is 33.7. The summed E-state index contributed by atoms with van der Waals surface area (Å²) in [5.74, 6) is 3.09. The van der Waals surface area contributed by atoms with E-state index >= 15 is 0 Å². The molecule has 1 saturated heterocycles. The van der Waals surface area contributed by atoms with Gasteiger partial charge in [0.15, 0.2) is 0 Å². The molecule has 12 unspecified atom stereocenters. The number of para-hydroxylation sites is 1. The molecule has 16 rings (SSSR count). The standard InChI is InChI=1S/C71H76B2N6O/c1-8-26-49(27-9-1)75(50-28-10-2-11-29-50)56-44-63-68-64(45-56)78(54-36-18-6-19-37-54)70-60(72(68)58-40-22-24-42-62(58)77(63)53-34-16-5-17-35-53)48-61-71(74-70)79(55-38-20-7-21-39-55)65-46-57(47-67-69(65)73(61)59-41-23-25-43-66(59)80-67)76(51-30-12-3-13-31-51)52-32-14-4-15-33-52/h1,3-4,6-8,10,12-14,16,18-23,25-26,28,30-32,34,36,38,40-41,43-44,46,48,50,53-55,57,59,63-64,66-69H,2,5,9,11,15,17,24,27,29,33,35,37,39,42,45,47H2. The maximum absolute atomic E-state index is 7.60. The van der Waals surface area contributed by atoms with Crippen molar-refractivity contribution in [3.05, 3.63) is 228 Å². The molecular formula is C71H76B2N6O. The lowest BCUT2D eigenvalue weighted by Crippen LogP contribution is -2.69. The minimum absolute atomic E-state index is 0.00776. The summed E-state index contributed by atoms with van der Waals surface area (Å²) in [6.07, 6.45) is 80.9. The molecule has 0 N–H and O–H groups in total. The van der Waals surface area contributed by atoms with Gasteiger partial charge < -0.3 is 29.2 Å². The lowest BCUT2D eigenvalue weighted by molar-refractivity contribution is -0.00799. The Morgan fingerprint density at radius 3 is 2.11 bits per heavy atom. The maximum atomic E-state index is 7.60. The fourth-order valence-electron chi connectivity index (χ4n) is 17.7. The maximum Gasteiger partial charge on any atom is 0.223 e. The van der Waals surface area contributed by atoms with Gasteiger partial charge in [0.05, 0.1) is 36.4 Å². The molecule has 12 atom stereocenters. The second-order valence-electron chi connectivity index (χ2n) is 25.2. The Hall–Kier alpha value is -6.70. The number of fused-ring (bicyclic) bond motifs is 7. The lowest BCUT2D eigenvalue weighted by atomic mass is 9.23. The van der Waals surface area contributed by atoms with E-state index in [4.69, 9.17) is 9.72 Å². The summed E-state index contributed by atoms with van der Waals surface area (Å²) in [7, 11) is 0. The van der Waals surface area contributed by atoms with Crippen LogP contribution in [-0.2, 0) is 4.74 Å². The molecular weight excluding hydrogens is 974 g/mol. The van der Waals surface area contributed by atoms with Crippen molar-refractivity contribution < 1.29 is 4.74 Å². The van der Waals surface area contributed by atoms with Gasteiger partial charge in [0.2, 0.25) is 13.4 Å². The predicted octanol–water partition coefficient (Wildman–Crippen LogP) is 13.5. The van der Waals surface area contributed by atoms with Crippen LogP contribution in [0.5, 0.6) is 0 Å². The molecule has 0 amide bonds. The first-order valence-corrected chi connectivity index (χ1v) is 31.3. The number of benzene rings is 1. The second kappa shape index (κ2) is 20.7. The number of hydrogen-bond donors (Lipinski definition) is 0. The van der Waals surface area contributed by atoms with Gasteiger partial charge in [0, 0.05) is 64.5 Å². The van der Waals surface area contributed by atoms with E-state index in [1.54, 1.807) is 11.2 Å². The second-order valence-corrected chi connectivity index (χ2v) is 25.2. The molecule has 402 valence electrons. The first-order chi connectivity index (χ1) is 39.7. The van der Waals surface area contributed by atoms with Gasteiger partial charge in [0.1, 0.15) is 11.6 Å². The highest BCUT2D eigenvalue weighted by atomic mass is 16.5. The Kier molecular flexibility index (Phi) is 12.7. The number of pyridine rings is 1. The molecule has 5 heterocycles. The quantitative estimate of drug-likeness (QED) is 0.183. The Bertz CT molecular complexity index is 3320. The fourth-order valence-corrected chi connectivity index (χ4v) is 17.7. The van der Waals surface area contributed by atoms with Crippen LogP contribution in [0.3, 0.4) is 0 Å². The van der Waals surface area contributed by atoms with Gasteiger partial charge in [-0.2, -0.15) is 0 Å². The van der Waals surface area contributed by atoms with E-state index in [0.717, 1.165) is 64.2 Å². The van der Waals surface area contributed by atoms with Gasteiger partial charge in [-0.25, -0.2) is 4.98 Å². The molecule has 1 fully saturated rings. The molecule has 2 aromatic rings.